The third-order valence-electron chi connectivity index (χ3n) is 2.39. The summed E-state index contributed by atoms with van der Waals surface area (Å²) in [7, 11) is -1.14. The quantitative estimate of drug-likeness (QED) is 0.861. The Morgan fingerprint density at radius 2 is 1.71 bits per heavy atom. The fourth-order valence-corrected chi connectivity index (χ4v) is 2.35. The molecule has 21 heavy (non-hydrogen) atoms. The molecule has 7 nitrogen and oxygen atoms in total. The van der Waals surface area contributed by atoms with Gasteiger partial charge in [-0.2, -0.15) is 0 Å². The van der Waals surface area contributed by atoms with Crippen molar-refractivity contribution in [1.82, 2.24) is 4.47 Å². The van der Waals surface area contributed by atoms with E-state index in [0.29, 0.717) is 5.69 Å². The van der Waals surface area contributed by atoms with Crippen molar-refractivity contribution in [2.75, 3.05) is 19.5 Å². The number of benzene rings is 1. The van der Waals surface area contributed by atoms with Crippen LogP contribution >= 0.6 is 0 Å². The van der Waals surface area contributed by atoms with E-state index in [1.165, 1.54) is 38.4 Å². The van der Waals surface area contributed by atoms with Crippen LogP contribution in [0.4, 0.5) is 10.5 Å². The van der Waals surface area contributed by atoms with Gasteiger partial charge in [-0.1, -0.05) is 4.47 Å². The summed E-state index contributed by atoms with van der Waals surface area (Å²) in [6.45, 7) is 5.26. The van der Waals surface area contributed by atoms with Crippen LogP contribution in [0.15, 0.2) is 29.2 Å². The minimum atomic E-state index is -3.70. The Bertz CT molecular complexity index is 590. The molecule has 0 aliphatic heterocycles. The first-order valence-corrected chi connectivity index (χ1v) is 7.63. The van der Waals surface area contributed by atoms with Crippen LogP contribution in [0.5, 0.6) is 0 Å². The average molecular weight is 316 g/mol. The predicted octanol–water partition coefficient (Wildman–Crippen LogP) is 2.22. The van der Waals surface area contributed by atoms with Gasteiger partial charge < -0.3 is 4.74 Å². The standard InChI is InChI=1S/C13H20N2O5S/c1-13(2,3)20-12(16)14-10-6-8-11(9-7-10)21(17,18)15(4)19-5/h6-9H,1-5H3,(H,14,16). The molecule has 0 radical (unpaired) electrons. The molecule has 0 spiro atoms. The Morgan fingerprint density at radius 1 is 1.19 bits per heavy atom. The lowest BCUT2D eigenvalue weighted by atomic mass is 10.2. The van der Waals surface area contributed by atoms with E-state index in [1.54, 1.807) is 20.8 Å². The molecule has 0 aliphatic carbocycles. The van der Waals surface area contributed by atoms with Gasteiger partial charge in [-0.15, -0.1) is 0 Å². The maximum absolute atomic E-state index is 12.0. The van der Waals surface area contributed by atoms with Gasteiger partial charge in [0.25, 0.3) is 10.0 Å². The van der Waals surface area contributed by atoms with Crippen molar-refractivity contribution in [1.29, 1.82) is 0 Å². The summed E-state index contributed by atoms with van der Waals surface area (Å²) >= 11 is 0. The van der Waals surface area contributed by atoms with Crippen LogP contribution in [0.25, 0.3) is 0 Å². The van der Waals surface area contributed by atoms with Crippen molar-refractivity contribution in [2.45, 2.75) is 31.3 Å². The van der Waals surface area contributed by atoms with Crippen LogP contribution in [0.3, 0.4) is 0 Å². The molecule has 118 valence electrons. The van der Waals surface area contributed by atoms with Crippen molar-refractivity contribution in [3.63, 3.8) is 0 Å². The number of rotatable bonds is 4. The molecule has 1 N–H and O–H groups in total. The first-order valence-electron chi connectivity index (χ1n) is 6.19. The zero-order chi connectivity index (χ0) is 16.3. The first-order chi connectivity index (χ1) is 9.56. The Balaban J connectivity index is 2.82. The van der Waals surface area contributed by atoms with Crippen LogP contribution in [-0.4, -0.2) is 38.7 Å². The van der Waals surface area contributed by atoms with Crippen LogP contribution in [0, 0.1) is 0 Å². The second-order valence-electron chi connectivity index (χ2n) is 5.25. The first kappa shape index (κ1) is 17.4. The molecule has 0 atom stereocenters. The summed E-state index contributed by atoms with van der Waals surface area (Å²) in [5, 5.41) is 2.52. The van der Waals surface area contributed by atoms with E-state index in [0.717, 1.165) is 4.47 Å². The maximum Gasteiger partial charge on any atom is 0.412 e. The number of hydroxylamine groups is 1. The smallest absolute Gasteiger partial charge is 0.412 e. The van der Waals surface area contributed by atoms with Gasteiger partial charge in [0.1, 0.15) is 5.60 Å². The lowest BCUT2D eigenvalue weighted by Gasteiger charge is -2.19. The number of amides is 1. The second-order valence-corrected chi connectivity index (χ2v) is 7.18. The van der Waals surface area contributed by atoms with Crippen molar-refractivity contribution in [2.24, 2.45) is 0 Å². The summed E-state index contributed by atoms with van der Waals surface area (Å²) in [5.41, 5.74) is -0.169. The maximum atomic E-state index is 12.0. The Kier molecular flexibility index (Phi) is 5.32. The van der Waals surface area contributed by atoms with Crippen LogP contribution < -0.4 is 5.32 Å². The van der Waals surface area contributed by atoms with Gasteiger partial charge in [0.15, 0.2) is 0 Å². The summed E-state index contributed by atoms with van der Waals surface area (Å²) in [6.07, 6.45) is -0.605. The number of ether oxygens (including phenoxy) is 1. The Labute approximate surface area is 124 Å². The third kappa shape index (κ3) is 5.00. The number of carbonyl (C=O) groups is 1. The number of hydrogen-bond donors (Lipinski definition) is 1. The molecule has 0 unspecified atom stereocenters. The zero-order valence-electron chi connectivity index (χ0n) is 12.7. The Hall–Kier alpha value is -1.64. The van der Waals surface area contributed by atoms with Gasteiger partial charge in [-0.25, -0.2) is 13.2 Å². The number of nitrogens with one attached hydrogen (secondary N) is 1. The molecule has 0 aromatic heterocycles. The number of carbonyl (C=O) groups excluding carboxylic acids is 1. The SMILES string of the molecule is CON(C)S(=O)(=O)c1ccc(NC(=O)OC(C)(C)C)cc1. The van der Waals surface area contributed by atoms with Crippen LogP contribution in [0.2, 0.25) is 0 Å². The summed E-state index contributed by atoms with van der Waals surface area (Å²) in [6, 6.07) is 5.69. The highest BCUT2D eigenvalue weighted by Crippen LogP contribution is 2.18. The lowest BCUT2D eigenvalue weighted by Crippen LogP contribution is -2.27. The second kappa shape index (κ2) is 6.42. The zero-order valence-corrected chi connectivity index (χ0v) is 13.5. The summed E-state index contributed by atoms with van der Waals surface area (Å²) in [5.74, 6) is 0. The minimum absolute atomic E-state index is 0.0570. The molecular formula is C13H20N2O5S. The monoisotopic (exact) mass is 316 g/mol. The van der Waals surface area contributed by atoms with Crippen molar-refractivity contribution in [3.05, 3.63) is 24.3 Å². The largest absolute Gasteiger partial charge is 0.444 e. The topological polar surface area (TPSA) is 84.9 Å². The van der Waals surface area contributed by atoms with Gasteiger partial charge in [0.05, 0.1) is 12.0 Å². The summed E-state index contributed by atoms with van der Waals surface area (Å²) in [4.78, 5) is 16.3. The third-order valence-corrected chi connectivity index (χ3v) is 4.09. The van der Waals surface area contributed by atoms with Gasteiger partial charge in [-0.3, -0.25) is 10.2 Å². The molecule has 0 heterocycles. The van der Waals surface area contributed by atoms with Crippen molar-refractivity contribution < 1.29 is 22.8 Å². The molecule has 0 bridgehead atoms. The lowest BCUT2D eigenvalue weighted by molar-refractivity contribution is -0.0258. The van der Waals surface area contributed by atoms with E-state index in [1.807, 2.05) is 0 Å². The van der Waals surface area contributed by atoms with Gasteiger partial charge in [0.2, 0.25) is 0 Å². The molecule has 0 fully saturated rings. The van der Waals surface area contributed by atoms with E-state index in [9.17, 15) is 13.2 Å². The number of nitrogens with zero attached hydrogens (tertiary/aromatic N) is 1. The number of sulfonamides is 1. The minimum Gasteiger partial charge on any atom is -0.444 e. The molecule has 1 aromatic rings. The molecule has 0 saturated carbocycles. The van der Waals surface area contributed by atoms with E-state index in [-0.39, 0.29) is 4.90 Å². The highest BCUT2D eigenvalue weighted by molar-refractivity contribution is 7.89. The van der Waals surface area contributed by atoms with E-state index >= 15 is 0 Å². The average Bonchev–Trinajstić information content (AvgIpc) is 2.36. The van der Waals surface area contributed by atoms with Gasteiger partial charge in [0, 0.05) is 12.7 Å². The fraction of sp³-hybridized carbons (Fsp3) is 0.462. The van der Waals surface area contributed by atoms with E-state index in [2.05, 4.69) is 10.2 Å². The van der Waals surface area contributed by atoms with Crippen LogP contribution in [0.1, 0.15) is 20.8 Å². The molecule has 1 rings (SSSR count). The van der Waals surface area contributed by atoms with Crippen molar-refractivity contribution in [3.8, 4) is 0 Å². The number of anilines is 1. The molecule has 1 aromatic carbocycles. The molecule has 0 saturated heterocycles. The molecule has 8 heteroatoms. The highest BCUT2D eigenvalue weighted by atomic mass is 32.2. The van der Waals surface area contributed by atoms with Crippen LogP contribution in [-0.2, 0) is 19.6 Å². The molecular weight excluding hydrogens is 296 g/mol. The summed E-state index contributed by atoms with van der Waals surface area (Å²) < 4.78 is 29.8. The van der Waals surface area contributed by atoms with Crippen molar-refractivity contribution >= 4 is 21.8 Å². The number of hydrogen-bond acceptors (Lipinski definition) is 5. The normalized spacial score (nSPS) is 12.3. The molecule has 1 amide bonds. The van der Waals surface area contributed by atoms with Gasteiger partial charge >= 0.3 is 6.09 Å². The van der Waals surface area contributed by atoms with E-state index in [4.69, 9.17) is 4.74 Å². The Morgan fingerprint density at radius 3 is 2.14 bits per heavy atom. The fourth-order valence-electron chi connectivity index (χ4n) is 1.38. The molecule has 0 aliphatic rings. The van der Waals surface area contributed by atoms with E-state index < -0.39 is 21.7 Å². The predicted molar refractivity (Wildman–Crippen MR) is 78.3 cm³/mol. The van der Waals surface area contributed by atoms with Gasteiger partial charge in [-0.05, 0) is 45.0 Å². The highest BCUT2D eigenvalue weighted by Gasteiger charge is 2.21.